The number of halogens is 1. The predicted molar refractivity (Wildman–Crippen MR) is 82.6 cm³/mol. The van der Waals surface area contributed by atoms with Crippen molar-refractivity contribution in [1.82, 2.24) is 4.90 Å². The summed E-state index contributed by atoms with van der Waals surface area (Å²) >= 11 is 3.48. The number of hydrogen-bond acceptors (Lipinski definition) is 3. The van der Waals surface area contributed by atoms with E-state index < -0.39 is 5.60 Å². The van der Waals surface area contributed by atoms with Crippen LogP contribution in [0.3, 0.4) is 0 Å². The monoisotopic (exact) mass is 340 g/mol. The molecule has 1 aliphatic heterocycles. The number of hydrogen-bond donors (Lipinski definition) is 1. The molecule has 0 aliphatic carbocycles. The van der Waals surface area contributed by atoms with Gasteiger partial charge in [0.1, 0.15) is 5.60 Å². The summed E-state index contributed by atoms with van der Waals surface area (Å²) < 4.78 is 6.52. The SMILES string of the molecule is CC(C)(C)OC(=O)N1CCc2cc(Br)ccc2[C@@H]1CN. The second-order valence-corrected chi connectivity index (χ2v) is 6.93. The molecule has 0 radical (unpaired) electrons. The lowest BCUT2D eigenvalue weighted by Gasteiger charge is -2.37. The van der Waals surface area contributed by atoms with Crippen molar-refractivity contribution < 1.29 is 9.53 Å². The molecule has 5 heteroatoms. The minimum absolute atomic E-state index is 0.110. The Morgan fingerprint density at radius 2 is 2.20 bits per heavy atom. The summed E-state index contributed by atoms with van der Waals surface area (Å²) in [5.74, 6) is 0. The number of rotatable bonds is 1. The third-order valence-electron chi connectivity index (χ3n) is 3.31. The second kappa shape index (κ2) is 5.74. The zero-order valence-electron chi connectivity index (χ0n) is 12.1. The van der Waals surface area contributed by atoms with E-state index in [9.17, 15) is 4.79 Å². The zero-order chi connectivity index (χ0) is 14.9. The van der Waals surface area contributed by atoms with Gasteiger partial charge in [0, 0.05) is 17.6 Å². The summed E-state index contributed by atoms with van der Waals surface area (Å²) in [6.45, 7) is 6.65. The van der Waals surface area contributed by atoms with Crippen molar-refractivity contribution in [3.63, 3.8) is 0 Å². The molecule has 1 atom stereocenters. The van der Waals surface area contributed by atoms with Gasteiger partial charge in [0.05, 0.1) is 6.04 Å². The topological polar surface area (TPSA) is 55.6 Å². The van der Waals surface area contributed by atoms with Crippen molar-refractivity contribution in [2.45, 2.75) is 38.8 Å². The molecule has 1 heterocycles. The summed E-state index contributed by atoms with van der Waals surface area (Å²) in [6.07, 6.45) is 0.534. The highest BCUT2D eigenvalue weighted by Crippen LogP contribution is 2.32. The Kier molecular flexibility index (Phi) is 4.39. The van der Waals surface area contributed by atoms with Gasteiger partial charge in [-0.1, -0.05) is 22.0 Å². The minimum Gasteiger partial charge on any atom is -0.444 e. The van der Waals surface area contributed by atoms with Crippen molar-refractivity contribution in [3.05, 3.63) is 33.8 Å². The van der Waals surface area contributed by atoms with Gasteiger partial charge in [0.2, 0.25) is 0 Å². The Bertz CT molecular complexity index is 511. The Morgan fingerprint density at radius 3 is 2.80 bits per heavy atom. The van der Waals surface area contributed by atoms with Crippen LogP contribution in [-0.2, 0) is 11.2 Å². The molecule has 1 aromatic carbocycles. The Labute approximate surface area is 128 Å². The van der Waals surface area contributed by atoms with Gasteiger partial charge in [-0.05, 0) is 50.5 Å². The highest BCUT2D eigenvalue weighted by atomic mass is 79.9. The van der Waals surface area contributed by atoms with Crippen molar-refractivity contribution >= 4 is 22.0 Å². The van der Waals surface area contributed by atoms with Gasteiger partial charge in [-0.15, -0.1) is 0 Å². The molecule has 2 rings (SSSR count). The first-order valence-electron chi connectivity index (χ1n) is 6.80. The fraction of sp³-hybridized carbons (Fsp3) is 0.533. The molecular formula is C15H21BrN2O2. The number of fused-ring (bicyclic) bond motifs is 1. The Balaban J connectivity index is 2.25. The van der Waals surface area contributed by atoms with Crippen LogP contribution in [0.2, 0.25) is 0 Å². The van der Waals surface area contributed by atoms with E-state index in [1.165, 1.54) is 5.56 Å². The van der Waals surface area contributed by atoms with Crippen LogP contribution in [0.25, 0.3) is 0 Å². The second-order valence-electron chi connectivity index (χ2n) is 6.02. The first kappa shape index (κ1) is 15.3. The number of nitrogens with zero attached hydrogens (tertiary/aromatic N) is 1. The number of carbonyl (C=O) groups excluding carboxylic acids is 1. The van der Waals surface area contributed by atoms with Crippen molar-refractivity contribution in [2.24, 2.45) is 5.73 Å². The minimum atomic E-state index is -0.490. The van der Waals surface area contributed by atoms with E-state index in [1.54, 1.807) is 4.90 Å². The van der Waals surface area contributed by atoms with Gasteiger partial charge < -0.3 is 10.5 Å². The molecule has 1 aliphatic rings. The van der Waals surface area contributed by atoms with E-state index in [0.29, 0.717) is 13.1 Å². The number of amides is 1. The molecule has 0 saturated carbocycles. The molecule has 0 bridgehead atoms. The third kappa shape index (κ3) is 3.33. The van der Waals surface area contributed by atoms with Gasteiger partial charge in [-0.3, -0.25) is 4.90 Å². The summed E-state index contributed by atoms with van der Waals surface area (Å²) in [5, 5.41) is 0. The molecule has 0 fully saturated rings. The lowest BCUT2D eigenvalue weighted by atomic mass is 9.93. The largest absolute Gasteiger partial charge is 0.444 e. The zero-order valence-corrected chi connectivity index (χ0v) is 13.7. The van der Waals surface area contributed by atoms with E-state index in [2.05, 4.69) is 22.0 Å². The number of ether oxygens (including phenoxy) is 1. The van der Waals surface area contributed by atoms with Gasteiger partial charge in [0.15, 0.2) is 0 Å². The van der Waals surface area contributed by atoms with Crippen molar-refractivity contribution in [2.75, 3.05) is 13.1 Å². The molecule has 110 valence electrons. The van der Waals surface area contributed by atoms with E-state index in [1.807, 2.05) is 32.9 Å². The maximum absolute atomic E-state index is 12.3. The van der Waals surface area contributed by atoms with Crippen LogP contribution in [0.4, 0.5) is 4.79 Å². The lowest BCUT2D eigenvalue weighted by molar-refractivity contribution is 0.0150. The van der Waals surface area contributed by atoms with E-state index in [-0.39, 0.29) is 12.1 Å². The summed E-state index contributed by atoms with van der Waals surface area (Å²) in [7, 11) is 0. The molecule has 1 aromatic rings. The van der Waals surface area contributed by atoms with Crippen LogP contribution in [0.15, 0.2) is 22.7 Å². The van der Waals surface area contributed by atoms with E-state index in [0.717, 1.165) is 16.5 Å². The highest BCUT2D eigenvalue weighted by Gasteiger charge is 2.32. The van der Waals surface area contributed by atoms with E-state index >= 15 is 0 Å². The van der Waals surface area contributed by atoms with Crippen LogP contribution in [0.5, 0.6) is 0 Å². The molecule has 0 aromatic heterocycles. The molecule has 20 heavy (non-hydrogen) atoms. The molecule has 1 amide bonds. The summed E-state index contributed by atoms with van der Waals surface area (Å²) in [5.41, 5.74) is 7.76. The Morgan fingerprint density at radius 1 is 1.50 bits per heavy atom. The quantitative estimate of drug-likeness (QED) is 0.853. The summed E-state index contributed by atoms with van der Waals surface area (Å²) in [4.78, 5) is 14.0. The van der Waals surface area contributed by atoms with Crippen LogP contribution < -0.4 is 5.73 Å². The highest BCUT2D eigenvalue weighted by molar-refractivity contribution is 9.10. The number of carbonyl (C=O) groups is 1. The predicted octanol–water partition coefficient (Wildman–Crippen LogP) is 3.24. The fourth-order valence-electron chi connectivity index (χ4n) is 2.47. The third-order valence-corrected chi connectivity index (χ3v) is 3.81. The maximum Gasteiger partial charge on any atom is 0.410 e. The van der Waals surface area contributed by atoms with Gasteiger partial charge in [-0.2, -0.15) is 0 Å². The molecule has 0 spiro atoms. The molecule has 4 nitrogen and oxygen atoms in total. The van der Waals surface area contributed by atoms with Gasteiger partial charge in [0.25, 0.3) is 0 Å². The van der Waals surface area contributed by atoms with Gasteiger partial charge >= 0.3 is 6.09 Å². The first-order chi connectivity index (χ1) is 9.31. The van der Waals surface area contributed by atoms with Crippen LogP contribution in [0, 0.1) is 0 Å². The van der Waals surface area contributed by atoms with Crippen LogP contribution >= 0.6 is 15.9 Å². The standard InChI is InChI=1S/C15H21BrN2O2/c1-15(2,3)20-14(19)18-7-6-10-8-11(16)4-5-12(10)13(18)9-17/h4-5,8,13H,6-7,9,17H2,1-3H3/t13-/m0/s1. The smallest absolute Gasteiger partial charge is 0.410 e. The van der Waals surface area contributed by atoms with Gasteiger partial charge in [-0.25, -0.2) is 4.79 Å². The van der Waals surface area contributed by atoms with E-state index in [4.69, 9.17) is 10.5 Å². The van der Waals surface area contributed by atoms with Crippen molar-refractivity contribution in [1.29, 1.82) is 0 Å². The Hall–Kier alpha value is -1.07. The maximum atomic E-state index is 12.3. The van der Waals surface area contributed by atoms with Crippen LogP contribution in [0.1, 0.15) is 37.9 Å². The normalized spacial score (nSPS) is 18.6. The average molecular weight is 341 g/mol. The molecule has 2 N–H and O–H groups in total. The summed E-state index contributed by atoms with van der Waals surface area (Å²) in [6, 6.07) is 6.01. The average Bonchev–Trinajstić information content (AvgIpc) is 2.34. The van der Waals surface area contributed by atoms with Crippen LogP contribution in [-0.4, -0.2) is 29.7 Å². The lowest BCUT2D eigenvalue weighted by Crippen LogP contribution is -2.45. The molecule has 0 saturated heterocycles. The fourth-order valence-corrected chi connectivity index (χ4v) is 2.88. The molecule has 0 unspecified atom stereocenters. The van der Waals surface area contributed by atoms with Crippen molar-refractivity contribution in [3.8, 4) is 0 Å². The molecular weight excluding hydrogens is 320 g/mol. The number of benzene rings is 1. The first-order valence-corrected chi connectivity index (χ1v) is 7.59. The number of nitrogens with two attached hydrogens (primary N) is 1.